The molecule has 1 aliphatic heterocycles. The van der Waals surface area contributed by atoms with E-state index in [1.54, 1.807) is 48.2 Å². The summed E-state index contributed by atoms with van der Waals surface area (Å²) in [7, 11) is -2.20. The number of benzene rings is 1. The molecular weight excluding hydrogens is 486 g/mol. The van der Waals surface area contributed by atoms with Crippen molar-refractivity contribution in [1.82, 2.24) is 14.2 Å². The molecule has 0 saturated heterocycles. The van der Waals surface area contributed by atoms with Crippen molar-refractivity contribution in [1.29, 1.82) is 0 Å². The Balaban J connectivity index is 1.95. The molecule has 3 rings (SSSR count). The maximum absolute atomic E-state index is 13.1. The summed E-state index contributed by atoms with van der Waals surface area (Å²) in [5, 5.41) is 9.66. The zero-order valence-corrected chi connectivity index (χ0v) is 20.0. The molecule has 2 aromatic rings. The molecule has 168 valence electrons. The van der Waals surface area contributed by atoms with E-state index in [0.717, 1.165) is 0 Å². The van der Waals surface area contributed by atoms with Gasteiger partial charge in [0.05, 0.1) is 24.1 Å². The summed E-state index contributed by atoms with van der Waals surface area (Å²) < 4.78 is 33.9. The number of aliphatic hydroxyl groups is 1. The van der Waals surface area contributed by atoms with Crippen LogP contribution in [0.1, 0.15) is 24.2 Å². The van der Waals surface area contributed by atoms with Crippen molar-refractivity contribution < 1.29 is 23.1 Å². The van der Waals surface area contributed by atoms with E-state index in [1.807, 2.05) is 6.92 Å². The smallest absolute Gasteiger partial charge is 0.259 e. The molecule has 2 heterocycles. The van der Waals surface area contributed by atoms with Crippen molar-refractivity contribution in [2.24, 2.45) is 5.92 Å². The summed E-state index contributed by atoms with van der Waals surface area (Å²) in [5.74, 6) is -0.365. The molecule has 1 N–H and O–H groups in total. The topological polar surface area (TPSA) is 100 Å². The Morgan fingerprint density at radius 1 is 1.35 bits per heavy atom. The second-order valence-electron chi connectivity index (χ2n) is 7.73. The van der Waals surface area contributed by atoms with Crippen LogP contribution in [0.4, 0.5) is 0 Å². The highest BCUT2D eigenvalue weighted by atomic mass is 79.9. The second-order valence-corrected chi connectivity index (χ2v) is 10.7. The highest BCUT2D eigenvalue weighted by Crippen LogP contribution is 2.29. The van der Waals surface area contributed by atoms with Crippen molar-refractivity contribution in [3.05, 3.63) is 52.6 Å². The van der Waals surface area contributed by atoms with Gasteiger partial charge in [-0.1, -0.05) is 25.1 Å². The molecule has 0 unspecified atom stereocenters. The van der Waals surface area contributed by atoms with Crippen LogP contribution in [0.2, 0.25) is 0 Å². The quantitative estimate of drug-likeness (QED) is 0.638. The van der Waals surface area contributed by atoms with Crippen LogP contribution in [0, 0.1) is 5.92 Å². The molecule has 10 heteroatoms. The predicted molar refractivity (Wildman–Crippen MR) is 119 cm³/mol. The van der Waals surface area contributed by atoms with Crippen LogP contribution < -0.4 is 4.74 Å². The van der Waals surface area contributed by atoms with E-state index in [0.29, 0.717) is 11.0 Å². The first-order valence-corrected chi connectivity index (χ1v) is 12.1. The normalized spacial score (nSPS) is 20.6. The number of carbonyl (C=O) groups is 1. The van der Waals surface area contributed by atoms with Gasteiger partial charge in [0.15, 0.2) is 0 Å². The van der Waals surface area contributed by atoms with Gasteiger partial charge in [0.25, 0.3) is 5.91 Å². The number of hydrogen-bond donors (Lipinski definition) is 1. The highest BCUT2D eigenvalue weighted by molar-refractivity contribution is 9.10. The van der Waals surface area contributed by atoms with E-state index in [2.05, 4.69) is 20.9 Å². The number of likely N-dealkylation sites (N-methyl/N-ethyl adjacent to an activating group) is 1. The SMILES string of the molecule is C[C@@H]1CN([C@H](C)CO)C(=O)c2cc(Br)cnc2O[C@@H]1CN(C)S(=O)(=O)c1ccccc1. The van der Waals surface area contributed by atoms with E-state index >= 15 is 0 Å². The zero-order valence-electron chi connectivity index (χ0n) is 17.6. The maximum atomic E-state index is 13.1. The fourth-order valence-corrected chi connectivity index (χ4v) is 4.95. The lowest BCUT2D eigenvalue weighted by Crippen LogP contribution is -2.50. The lowest BCUT2D eigenvalue weighted by atomic mass is 10.0. The molecule has 0 aliphatic carbocycles. The minimum atomic E-state index is -3.71. The molecule has 1 aromatic carbocycles. The zero-order chi connectivity index (χ0) is 22.8. The Morgan fingerprint density at radius 2 is 2.03 bits per heavy atom. The van der Waals surface area contributed by atoms with Crippen molar-refractivity contribution in [3.63, 3.8) is 0 Å². The average Bonchev–Trinajstić information content (AvgIpc) is 2.76. The summed E-state index contributed by atoms with van der Waals surface area (Å²) in [5.41, 5.74) is 0.264. The maximum Gasteiger partial charge on any atom is 0.259 e. The number of aliphatic hydroxyl groups excluding tert-OH is 1. The lowest BCUT2D eigenvalue weighted by molar-refractivity contribution is 0.0373. The molecular formula is C21H26BrN3O5S. The Kier molecular flexibility index (Phi) is 7.35. The number of halogens is 1. The number of amides is 1. The first-order chi connectivity index (χ1) is 14.6. The van der Waals surface area contributed by atoms with Crippen molar-refractivity contribution in [2.45, 2.75) is 30.9 Å². The third kappa shape index (κ3) is 5.08. The Labute approximate surface area is 191 Å². The third-order valence-electron chi connectivity index (χ3n) is 5.38. The number of carbonyl (C=O) groups excluding carboxylic acids is 1. The monoisotopic (exact) mass is 511 g/mol. The van der Waals surface area contributed by atoms with Gasteiger partial charge in [0.2, 0.25) is 15.9 Å². The van der Waals surface area contributed by atoms with Crippen LogP contribution in [-0.2, 0) is 10.0 Å². The van der Waals surface area contributed by atoms with E-state index in [1.165, 1.54) is 17.5 Å². The van der Waals surface area contributed by atoms with Crippen LogP contribution in [0.25, 0.3) is 0 Å². The molecule has 1 amide bonds. The van der Waals surface area contributed by atoms with Gasteiger partial charge in [-0.15, -0.1) is 0 Å². The number of hydrogen-bond acceptors (Lipinski definition) is 6. The second kappa shape index (κ2) is 9.64. The summed E-state index contributed by atoms with van der Waals surface area (Å²) in [4.78, 5) is 19.2. The number of nitrogens with zero attached hydrogens (tertiary/aromatic N) is 3. The van der Waals surface area contributed by atoms with E-state index in [4.69, 9.17) is 4.74 Å². The van der Waals surface area contributed by atoms with Gasteiger partial charge < -0.3 is 14.7 Å². The molecule has 31 heavy (non-hydrogen) atoms. The molecule has 1 aliphatic rings. The van der Waals surface area contributed by atoms with E-state index in [9.17, 15) is 18.3 Å². The number of sulfonamides is 1. The summed E-state index contributed by atoms with van der Waals surface area (Å²) >= 11 is 3.33. The number of rotatable bonds is 6. The number of pyridine rings is 1. The standard InChI is InChI=1S/C21H26BrN3O5S/c1-14-11-25(15(2)13-26)21(27)18-9-16(22)10-23-20(18)30-19(14)12-24(3)31(28,29)17-7-5-4-6-8-17/h4-10,14-15,19,26H,11-13H2,1-3H3/t14-,15-,19-/m1/s1. The molecule has 0 bridgehead atoms. The molecule has 1 aromatic heterocycles. The van der Waals surface area contributed by atoms with Gasteiger partial charge in [0, 0.05) is 30.2 Å². The Bertz CT molecular complexity index is 1030. The minimum absolute atomic E-state index is 0.0745. The third-order valence-corrected chi connectivity index (χ3v) is 7.65. The summed E-state index contributed by atoms with van der Waals surface area (Å²) in [6.07, 6.45) is 0.970. The number of aromatic nitrogens is 1. The van der Waals surface area contributed by atoms with Gasteiger partial charge >= 0.3 is 0 Å². The molecule has 0 spiro atoms. The molecule has 8 nitrogen and oxygen atoms in total. The fraction of sp³-hybridized carbons (Fsp3) is 0.429. The summed E-state index contributed by atoms with van der Waals surface area (Å²) in [6.45, 7) is 3.84. The van der Waals surface area contributed by atoms with Crippen LogP contribution in [-0.4, -0.2) is 72.5 Å². The van der Waals surface area contributed by atoms with Crippen molar-refractivity contribution in [3.8, 4) is 5.88 Å². The van der Waals surface area contributed by atoms with Crippen LogP contribution in [0.5, 0.6) is 5.88 Å². The van der Waals surface area contributed by atoms with Crippen molar-refractivity contribution >= 4 is 31.9 Å². The predicted octanol–water partition coefficient (Wildman–Crippen LogP) is 2.38. The minimum Gasteiger partial charge on any atom is -0.472 e. The van der Waals surface area contributed by atoms with Crippen molar-refractivity contribution in [2.75, 3.05) is 26.7 Å². The van der Waals surface area contributed by atoms with E-state index < -0.39 is 22.2 Å². The summed E-state index contributed by atoms with van der Waals surface area (Å²) in [6, 6.07) is 9.41. The van der Waals surface area contributed by atoms with Crippen LogP contribution in [0.3, 0.4) is 0 Å². The van der Waals surface area contributed by atoms with E-state index in [-0.39, 0.29) is 41.3 Å². The Hall–Kier alpha value is -2.01. The molecule has 0 fully saturated rings. The first kappa shape index (κ1) is 23.6. The molecule has 3 atom stereocenters. The van der Waals surface area contributed by atoms with Gasteiger partial charge in [0.1, 0.15) is 11.7 Å². The molecule has 0 radical (unpaired) electrons. The average molecular weight is 512 g/mol. The van der Waals surface area contributed by atoms with Crippen LogP contribution in [0.15, 0.2) is 52.0 Å². The van der Waals surface area contributed by atoms with Gasteiger partial charge in [-0.2, -0.15) is 4.31 Å². The van der Waals surface area contributed by atoms with Crippen LogP contribution >= 0.6 is 15.9 Å². The van der Waals surface area contributed by atoms with Gasteiger partial charge in [-0.05, 0) is 41.1 Å². The fourth-order valence-electron chi connectivity index (χ4n) is 3.42. The molecule has 0 saturated carbocycles. The Morgan fingerprint density at radius 3 is 2.68 bits per heavy atom. The largest absolute Gasteiger partial charge is 0.472 e. The highest BCUT2D eigenvalue weighted by Gasteiger charge is 2.35. The van der Waals surface area contributed by atoms with Gasteiger partial charge in [-0.3, -0.25) is 4.79 Å². The van der Waals surface area contributed by atoms with Gasteiger partial charge in [-0.25, -0.2) is 13.4 Å². The lowest BCUT2D eigenvalue weighted by Gasteiger charge is -2.37. The number of fused-ring (bicyclic) bond motifs is 1. The number of ether oxygens (including phenoxy) is 1. The first-order valence-electron chi connectivity index (χ1n) is 9.90.